The van der Waals surface area contributed by atoms with Crippen LogP contribution in [0, 0.1) is 4.77 Å². The first-order valence-corrected chi connectivity index (χ1v) is 6.13. The number of alkyl halides is 3. The summed E-state index contributed by atoms with van der Waals surface area (Å²) < 4.78 is 45.0. The molecule has 0 aliphatic carbocycles. The smallest absolute Gasteiger partial charge is 0.385 e. The zero-order valence-corrected chi connectivity index (χ0v) is 11.1. The van der Waals surface area contributed by atoms with Crippen LogP contribution in [0.3, 0.4) is 0 Å². The summed E-state index contributed by atoms with van der Waals surface area (Å²) in [5, 5.41) is 0. The van der Waals surface area contributed by atoms with E-state index >= 15 is 0 Å². The second-order valence-electron chi connectivity index (χ2n) is 4.16. The van der Waals surface area contributed by atoms with Crippen LogP contribution < -0.4 is 0 Å². The second-order valence-corrected chi connectivity index (χ2v) is 4.54. The molecule has 19 heavy (non-hydrogen) atoms. The van der Waals surface area contributed by atoms with Crippen molar-refractivity contribution in [2.75, 3.05) is 13.7 Å². The Morgan fingerprint density at radius 2 is 2.11 bits per heavy atom. The van der Waals surface area contributed by atoms with E-state index in [4.69, 9.17) is 17.0 Å². The van der Waals surface area contributed by atoms with E-state index in [1.54, 1.807) is 11.7 Å². The van der Waals surface area contributed by atoms with Gasteiger partial charge in [-0.1, -0.05) is 0 Å². The van der Waals surface area contributed by atoms with Gasteiger partial charge in [0.15, 0.2) is 4.77 Å². The molecule has 3 nitrogen and oxygen atoms in total. The van der Waals surface area contributed by atoms with Gasteiger partial charge in [-0.15, -0.1) is 0 Å². The van der Waals surface area contributed by atoms with Gasteiger partial charge in [0.2, 0.25) is 0 Å². The van der Waals surface area contributed by atoms with Crippen LogP contribution in [0.1, 0.15) is 12.0 Å². The lowest BCUT2D eigenvalue weighted by molar-refractivity contribution is -0.137. The molecule has 1 aromatic heterocycles. The summed E-state index contributed by atoms with van der Waals surface area (Å²) in [5.41, 5.74) is 0.395. The van der Waals surface area contributed by atoms with E-state index in [9.17, 15) is 13.2 Å². The van der Waals surface area contributed by atoms with Crippen molar-refractivity contribution >= 4 is 23.3 Å². The maximum Gasteiger partial charge on any atom is 0.416 e. The molecule has 0 saturated carbocycles. The molecule has 0 unspecified atom stereocenters. The molecule has 7 heteroatoms. The monoisotopic (exact) mass is 290 g/mol. The van der Waals surface area contributed by atoms with Crippen molar-refractivity contribution in [2.45, 2.75) is 19.1 Å². The average molecular weight is 290 g/mol. The molecule has 0 bridgehead atoms. The van der Waals surface area contributed by atoms with Crippen LogP contribution >= 0.6 is 12.2 Å². The second kappa shape index (κ2) is 5.34. The van der Waals surface area contributed by atoms with Crippen molar-refractivity contribution in [1.29, 1.82) is 0 Å². The molecular weight excluding hydrogens is 277 g/mol. The standard InChI is InChI=1S/C12H13F3N2OS/c1-18-6-2-5-17-10-4-3-8(12(13,14)15)7-9(10)16-11(17)19/h3-4,7H,2,5-6H2,1H3,(H,16,19). The minimum absolute atomic E-state index is 0.400. The number of imidazole rings is 1. The molecule has 0 amide bonds. The van der Waals surface area contributed by atoms with Crippen molar-refractivity contribution in [2.24, 2.45) is 0 Å². The Balaban J connectivity index is 2.40. The first-order valence-electron chi connectivity index (χ1n) is 5.72. The van der Waals surface area contributed by atoms with Gasteiger partial charge in [0.05, 0.1) is 16.6 Å². The normalized spacial score (nSPS) is 12.2. The molecule has 1 aromatic carbocycles. The van der Waals surface area contributed by atoms with E-state index in [1.807, 2.05) is 0 Å². The highest BCUT2D eigenvalue weighted by Crippen LogP contribution is 2.31. The number of aromatic amines is 1. The van der Waals surface area contributed by atoms with E-state index in [0.717, 1.165) is 18.6 Å². The molecule has 2 rings (SSSR count). The van der Waals surface area contributed by atoms with E-state index in [0.29, 0.717) is 29.0 Å². The van der Waals surface area contributed by atoms with Gasteiger partial charge in [0.25, 0.3) is 0 Å². The Morgan fingerprint density at radius 3 is 2.74 bits per heavy atom. The highest BCUT2D eigenvalue weighted by Gasteiger charge is 2.30. The Morgan fingerprint density at radius 1 is 1.37 bits per heavy atom. The minimum Gasteiger partial charge on any atom is -0.385 e. The number of benzene rings is 1. The summed E-state index contributed by atoms with van der Waals surface area (Å²) >= 11 is 5.12. The van der Waals surface area contributed by atoms with Gasteiger partial charge in [-0.05, 0) is 36.8 Å². The van der Waals surface area contributed by atoms with Crippen LogP contribution in [0.5, 0.6) is 0 Å². The van der Waals surface area contributed by atoms with Gasteiger partial charge in [0, 0.05) is 20.3 Å². The highest BCUT2D eigenvalue weighted by molar-refractivity contribution is 7.71. The maximum atomic E-state index is 12.6. The summed E-state index contributed by atoms with van der Waals surface area (Å²) in [7, 11) is 1.60. The van der Waals surface area contributed by atoms with Crippen molar-refractivity contribution in [1.82, 2.24) is 9.55 Å². The van der Waals surface area contributed by atoms with Crippen molar-refractivity contribution in [3.63, 3.8) is 0 Å². The van der Waals surface area contributed by atoms with Crippen molar-refractivity contribution < 1.29 is 17.9 Å². The Hall–Kier alpha value is -1.34. The quantitative estimate of drug-likeness (QED) is 0.686. The van der Waals surface area contributed by atoms with E-state index in [1.165, 1.54) is 6.07 Å². The maximum absolute atomic E-state index is 12.6. The third-order valence-electron chi connectivity index (χ3n) is 2.83. The van der Waals surface area contributed by atoms with Gasteiger partial charge in [-0.2, -0.15) is 13.2 Å². The number of H-pyrrole nitrogens is 1. The number of hydrogen-bond donors (Lipinski definition) is 1. The van der Waals surface area contributed by atoms with Crippen LogP contribution in [0.15, 0.2) is 18.2 Å². The van der Waals surface area contributed by atoms with Crippen molar-refractivity contribution in [3.05, 3.63) is 28.5 Å². The van der Waals surface area contributed by atoms with Gasteiger partial charge in [-0.25, -0.2) is 0 Å². The summed E-state index contributed by atoms with van der Waals surface area (Å²) in [6.07, 6.45) is -3.60. The third kappa shape index (κ3) is 2.98. The average Bonchev–Trinajstić information content (AvgIpc) is 2.64. The summed E-state index contributed by atoms with van der Waals surface area (Å²) in [4.78, 5) is 2.80. The number of methoxy groups -OCH3 is 1. The Kier molecular flexibility index (Phi) is 3.96. The molecule has 0 aliphatic heterocycles. The van der Waals surface area contributed by atoms with Gasteiger partial charge >= 0.3 is 6.18 Å². The topological polar surface area (TPSA) is 29.9 Å². The predicted molar refractivity (Wildman–Crippen MR) is 68.6 cm³/mol. The molecule has 0 atom stereocenters. The van der Waals surface area contributed by atoms with Crippen molar-refractivity contribution in [3.8, 4) is 0 Å². The minimum atomic E-state index is -4.35. The van der Waals surface area contributed by atoms with Gasteiger partial charge in [-0.3, -0.25) is 0 Å². The zero-order valence-electron chi connectivity index (χ0n) is 10.3. The molecule has 0 aliphatic rings. The highest BCUT2D eigenvalue weighted by atomic mass is 32.1. The van der Waals surface area contributed by atoms with E-state index in [2.05, 4.69) is 4.98 Å². The van der Waals surface area contributed by atoms with Crippen LogP contribution in [-0.4, -0.2) is 23.3 Å². The summed E-state index contributed by atoms with van der Waals surface area (Å²) in [6, 6.07) is 3.59. The summed E-state index contributed by atoms with van der Waals surface area (Å²) in [5.74, 6) is 0. The fourth-order valence-corrected chi connectivity index (χ4v) is 2.23. The Bertz CT molecular complexity index is 630. The molecule has 0 saturated heterocycles. The fourth-order valence-electron chi connectivity index (χ4n) is 1.93. The number of halogens is 3. The van der Waals surface area contributed by atoms with Crippen LogP contribution in [0.25, 0.3) is 11.0 Å². The molecule has 2 aromatic rings. The number of aryl methyl sites for hydroxylation is 1. The zero-order chi connectivity index (χ0) is 14.0. The van der Waals surface area contributed by atoms with Gasteiger partial charge in [0.1, 0.15) is 0 Å². The third-order valence-corrected chi connectivity index (χ3v) is 3.15. The largest absolute Gasteiger partial charge is 0.416 e. The Labute approximate surface area is 113 Å². The predicted octanol–water partition coefficient (Wildman–Crippen LogP) is 3.75. The van der Waals surface area contributed by atoms with Gasteiger partial charge < -0.3 is 14.3 Å². The van der Waals surface area contributed by atoms with Crippen LogP contribution in [0.4, 0.5) is 13.2 Å². The number of ether oxygens (including phenoxy) is 1. The molecule has 0 radical (unpaired) electrons. The van der Waals surface area contributed by atoms with E-state index in [-0.39, 0.29) is 0 Å². The summed E-state index contributed by atoms with van der Waals surface area (Å²) in [6.45, 7) is 1.19. The van der Waals surface area contributed by atoms with E-state index < -0.39 is 11.7 Å². The molecule has 104 valence electrons. The molecule has 1 N–H and O–H groups in total. The number of nitrogens with zero attached hydrogens (tertiary/aromatic N) is 1. The first-order chi connectivity index (χ1) is 8.93. The number of nitrogens with one attached hydrogen (secondary N) is 1. The lowest BCUT2D eigenvalue weighted by Crippen LogP contribution is -2.05. The lowest BCUT2D eigenvalue weighted by Gasteiger charge is -2.07. The SMILES string of the molecule is COCCCn1c(=S)[nH]c2cc(C(F)(F)F)ccc21. The van der Waals surface area contributed by atoms with Crippen LogP contribution in [0.2, 0.25) is 0 Å². The number of hydrogen-bond acceptors (Lipinski definition) is 2. The number of aromatic nitrogens is 2. The van der Waals surface area contributed by atoms with Crippen LogP contribution in [-0.2, 0) is 17.5 Å². The molecule has 0 fully saturated rings. The lowest BCUT2D eigenvalue weighted by atomic mass is 10.2. The first kappa shape index (κ1) is 14.1. The molecule has 0 spiro atoms. The molecule has 1 heterocycles. The fraction of sp³-hybridized carbons (Fsp3) is 0.417. The number of fused-ring (bicyclic) bond motifs is 1. The number of rotatable bonds is 4. The molecular formula is C12H13F3N2OS.